The van der Waals surface area contributed by atoms with Crippen molar-refractivity contribution in [2.75, 3.05) is 20.1 Å². The molecular formula is C13H19FN2O2S. The van der Waals surface area contributed by atoms with Crippen molar-refractivity contribution in [1.82, 2.24) is 9.62 Å². The number of benzene rings is 1. The summed E-state index contributed by atoms with van der Waals surface area (Å²) in [7, 11) is -1.72. The van der Waals surface area contributed by atoms with Gasteiger partial charge in [0.05, 0.1) is 4.90 Å². The van der Waals surface area contributed by atoms with E-state index in [1.54, 1.807) is 6.92 Å². The summed E-state index contributed by atoms with van der Waals surface area (Å²) in [4.78, 5) is 0.205. The molecule has 0 spiro atoms. The topological polar surface area (TPSA) is 49.4 Å². The van der Waals surface area contributed by atoms with Gasteiger partial charge in [0.1, 0.15) is 5.82 Å². The zero-order valence-electron chi connectivity index (χ0n) is 11.2. The molecule has 6 heteroatoms. The highest BCUT2D eigenvalue weighted by molar-refractivity contribution is 7.89. The first-order valence-corrected chi connectivity index (χ1v) is 7.83. The average molecular weight is 286 g/mol. The number of hydrogen-bond donors (Lipinski definition) is 1. The van der Waals surface area contributed by atoms with E-state index in [1.165, 1.54) is 22.5 Å². The zero-order valence-corrected chi connectivity index (χ0v) is 12.0. The van der Waals surface area contributed by atoms with E-state index in [1.807, 2.05) is 7.05 Å². The second kappa shape index (κ2) is 5.56. The molecule has 0 amide bonds. The number of halogens is 1. The number of sulfonamides is 1. The van der Waals surface area contributed by atoms with Crippen molar-refractivity contribution < 1.29 is 12.8 Å². The van der Waals surface area contributed by atoms with Crippen LogP contribution in [0.1, 0.15) is 18.4 Å². The van der Waals surface area contributed by atoms with Crippen LogP contribution in [0.15, 0.2) is 23.1 Å². The molecule has 0 radical (unpaired) electrons. The Morgan fingerprint density at radius 1 is 1.47 bits per heavy atom. The average Bonchev–Trinajstić information content (AvgIpc) is 2.78. The van der Waals surface area contributed by atoms with Crippen LogP contribution in [0.5, 0.6) is 0 Å². The highest BCUT2D eigenvalue weighted by Crippen LogP contribution is 2.27. The second-order valence-electron chi connectivity index (χ2n) is 4.88. The molecule has 0 bridgehead atoms. The van der Waals surface area contributed by atoms with Crippen molar-refractivity contribution in [1.29, 1.82) is 0 Å². The van der Waals surface area contributed by atoms with Gasteiger partial charge in [0.2, 0.25) is 10.0 Å². The summed E-state index contributed by atoms with van der Waals surface area (Å²) in [5.41, 5.74) is 0.454. The quantitative estimate of drug-likeness (QED) is 0.912. The monoisotopic (exact) mass is 286 g/mol. The van der Waals surface area contributed by atoms with Gasteiger partial charge in [0.25, 0.3) is 0 Å². The molecule has 2 rings (SSSR count). The van der Waals surface area contributed by atoms with Crippen LogP contribution < -0.4 is 5.32 Å². The third-order valence-electron chi connectivity index (χ3n) is 3.49. The molecule has 1 atom stereocenters. The minimum Gasteiger partial charge on any atom is -0.318 e. The molecule has 4 nitrogen and oxygen atoms in total. The Hall–Kier alpha value is -0.980. The minimum absolute atomic E-state index is 0.0144. The molecular weight excluding hydrogens is 267 g/mol. The molecule has 1 aliphatic heterocycles. The fourth-order valence-electron chi connectivity index (χ4n) is 2.59. The lowest BCUT2D eigenvalue weighted by Crippen LogP contribution is -2.40. The normalized spacial score (nSPS) is 20.9. The largest absolute Gasteiger partial charge is 0.318 e. The standard InChI is InChI=1S/C13H19FN2O2S/c1-10-8-11(14)5-6-13(10)19(17,18)16-7-3-4-12(16)9-15-2/h5-6,8,12,15H,3-4,7,9H2,1-2H3. The van der Waals surface area contributed by atoms with Crippen LogP contribution in [0.4, 0.5) is 4.39 Å². The van der Waals surface area contributed by atoms with Gasteiger partial charge in [-0.25, -0.2) is 12.8 Å². The van der Waals surface area contributed by atoms with Gasteiger partial charge in [-0.3, -0.25) is 0 Å². The molecule has 0 aromatic heterocycles. The lowest BCUT2D eigenvalue weighted by molar-refractivity contribution is 0.379. The molecule has 1 N–H and O–H groups in total. The number of hydrogen-bond acceptors (Lipinski definition) is 3. The second-order valence-corrected chi connectivity index (χ2v) is 6.74. The van der Waals surface area contributed by atoms with Gasteiger partial charge in [-0.2, -0.15) is 4.31 Å². The Morgan fingerprint density at radius 2 is 2.21 bits per heavy atom. The molecule has 1 aliphatic rings. The number of likely N-dealkylation sites (N-methyl/N-ethyl adjacent to an activating group) is 1. The van der Waals surface area contributed by atoms with Crippen LogP contribution >= 0.6 is 0 Å². The molecule has 1 saturated heterocycles. The van der Waals surface area contributed by atoms with Crippen LogP contribution in [0.2, 0.25) is 0 Å². The summed E-state index contributed by atoms with van der Waals surface area (Å²) in [5, 5.41) is 3.02. The predicted molar refractivity (Wildman–Crippen MR) is 72.0 cm³/mol. The zero-order chi connectivity index (χ0) is 14.0. The first kappa shape index (κ1) is 14.4. The van der Waals surface area contributed by atoms with Crippen molar-refractivity contribution in [2.45, 2.75) is 30.7 Å². The first-order chi connectivity index (χ1) is 8.96. The molecule has 0 aliphatic carbocycles. The van der Waals surface area contributed by atoms with Crippen LogP contribution in [-0.2, 0) is 10.0 Å². The number of nitrogens with zero attached hydrogens (tertiary/aromatic N) is 1. The van der Waals surface area contributed by atoms with Crippen molar-refractivity contribution >= 4 is 10.0 Å². The lowest BCUT2D eigenvalue weighted by atomic mass is 10.2. The van der Waals surface area contributed by atoms with Crippen molar-refractivity contribution in [3.63, 3.8) is 0 Å². The number of aryl methyl sites for hydroxylation is 1. The molecule has 1 unspecified atom stereocenters. The summed E-state index contributed by atoms with van der Waals surface area (Å²) >= 11 is 0. The predicted octanol–water partition coefficient (Wildman–Crippen LogP) is 1.51. The van der Waals surface area contributed by atoms with E-state index in [0.29, 0.717) is 18.7 Å². The summed E-state index contributed by atoms with van der Waals surface area (Å²) < 4.78 is 39.9. The van der Waals surface area contributed by atoms with E-state index >= 15 is 0 Å². The summed E-state index contributed by atoms with van der Waals surface area (Å²) in [6, 6.07) is 3.80. The van der Waals surface area contributed by atoms with Gasteiger partial charge in [-0.1, -0.05) is 0 Å². The summed E-state index contributed by atoms with van der Waals surface area (Å²) in [5.74, 6) is -0.412. The van der Waals surface area contributed by atoms with Gasteiger partial charge in [-0.15, -0.1) is 0 Å². The Labute approximate surface area is 113 Å². The Balaban J connectivity index is 2.36. The highest BCUT2D eigenvalue weighted by atomic mass is 32.2. The maximum absolute atomic E-state index is 13.1. The third-order valence-corrected chi connectivity index (χ3v) is 5.60. The molecule has 19 heavy (non-hydrogen) atoms. The molecule has 0 saturated carbocycles. The smallest absolute Gasteiger partial charge is 0.243 e. The Morgan fingerprint density at radius 3 is 2.84 bits per heavy atom. The first-order valence-electron chi connectivity index (χ1n) is 6.39. The van der Waals surface area contributed by atoms with E-state index in [9.17, 15) is 12.8 Å². The maximum Gasteiger partial charge on any atom is 0.243 e. The van der Waals surface area contributed by atoms with Crippen molar-refractivity contribution in [2.24, 2.45) is 0 Å². The van der Waals surface area contributed by atoms with E-state index in [2.05, 4.69) is 5.32 Å². The highest BCUT2D eigenvalue weighted by Gasteiger charge is 2.35. The van der Waals surface area contributed by atoms with Gasteiger partial charge in [0.15, 0.2) is 0 Å². The lowest BCUT2D eigenvalue weighted by Gasteiger charge is -2.24. The minimum atomic E-state index is -3.53. The van der Waals surface area contributed by atoms with Crippen molar-refractivity contribution in [3.8, 4) is 0 Å². The molecule has 1 aromatic carbocycles. The fraction of sp³-hybridized carbons (Fsp3) is 0.538. The summed E-state index contributed by atoms with van der Waals surface area (Å²) in [6.45, 7) is 2.80. The molecule has 106 valence electrons. The van der Waals surface area contributed by atoms with Gasteiger partial charge >= 0.3 is 0 Å². The molecule has 1 aromatic rings. The van der Waals surface area contributed by atoms with E-state index in [4.69, 9.17) is 0 Å². The van der Waals surface area contributed by atoms with Gasteiger partial charge < -0.3 is 5.32 Å². The van der Waals surface area contributed by atoms with Gasteiger partial charge in [0, 0.05) is 19.1 Å². The van der Waals surface area contributed by atoms with E-state index in [0.717, 1.165) is 12.8 Å². The SMILES string of the molecule is CNCC1CCCN1S(=O)(=O)c1ccc(F)cc1C. The van der Waals surface area contributed by atoms with Crippen LogP contribution in [0.3, 0.4) is 0 Å². The summed E-state index contributed by atoms with van der Waals surface area (Å²) in [6.07, 6.45) is 1.73. The molecule has 1 fully saturated rings. The third kappa shape index (κ3) is 2.80. The molecule has 1 heterocycles. The van der Waals surface area contributed by atoms with Crippen molar-refractivity contribution in [3.05, 3.63) is 29.6 Å². The Bertz CT molecular complexity index is 560. The van der Waals surface area contributed by atoms with E-state index in [-0.39, 0.29) is 10.9 Å². The van der Waals surface area contributed by atoms with Gasteiger partial charge in [-0.05, 0) is 50.6 Å². The maximum atomic E-state index is 13.1. The fourth-order valence-corrected chi connectivity index (χ4v) is 4.49. The van der Waals surface area contributed by atoms with Crippen LogP contribution in [0.25, 0.3) is 0 Å². The van der Waals surface area contributed by atoms with Crippen LogP contribution in [-0.4, -0.2) is 38.9 Å². The number of nitrogens with one attached hydrogen (secondary N) is 1. The van der Waals surface area contributed by atoms with Crippen LogP contribution in [0, 0.1) is 12.7 Å². The Kier molecular flexibility index (Phi) is 4.23. The van der Waals surface area contributed by atoms with E-state index < -0.39 is 15.8 Å². The number of rotatable bonds is 4.